The summed E-state index contributed by atoms with van der Waals surface area (Å²) in [7, 11) is 2.04. The number of nitriles is 1. The van der Waals surface area contributed by atoms with E-state index < -0.39 is 0 Å². The Bertz CT molecular complexity index is 412. The van der Waals surface area contributed by atoms with Crippen molar-refractivity contribution in [1.82, 2.24) is 0 Å². The maximum atomic E-state index is 8.92. The minimum atomic E-state index is 0.446. The van der Waals surface area contributed by atoms with Gasteiger partial charge in [0.25, 0.3) is 0 Å². The summed E-state index contributed by atoms with van der Waals surface area (Å²) in [6.45, 7) is 2.17. The SMILES string of the molecule is CCC(CSC)N(C)c1cc(C#N)ccc1N. The molecule has 0 bridgehead atoms. The second-order valence-electron chi connectivity index (χ2n) is 4.01. The Kier molecular flexibility index (Phi) is 5.17. The third kappa shape index (κ3) is 3.31. The molecule has 0 aliphatic rings. The lowest BCUT2D eigenvalue weighted by Crippen LogP contribution is -2.33. The smallest absolute Gasteiger partial charge is 0.0992 e. The highest BCUT2D eigenvalue weighted by atomic mass is 32.2. The molecule has 1 unspecified atom stereocenters. The van der Waals surface area contributed by atoms with Crippen molar-refractivity contribution in [2.45, 2.75) is 19.4 Å². The normalized spacial score (nSPS) is 11.9. The monoisotopic (exact) mass is 249 g/mol. The van der Waals surface area contributed by atoms with E-state index in [1.165, 1.54) is 0 Å². The molecule has 1 atom stereocenters. The lowest BCUT2D eigenvalue weighted by molar-refractivity contribution is 0.674. The minimum Gasteiger partial charge on any atom is -0.397 e. The predicted molar refractivity (Wildman–Crippen MR) is 76.4 cm³/mol. The zero-order valence-electron chi connectivity index (χ0n) is 10.6. The molecule has 0 amide bonds. The van der Waals surface area contributed by atoms with Crippen LogP contribution in [-0.4, -0.2) is 25.1 Å². The summed E-state index contributed by atoms with van der Waals surface area (Å²) in [5, 5.41) is 8.92. The lowest BCUT2D eigenvalue weighted by atomic mass is 10.1. The summed E-state index contributed by atoms with van der Waals surface area (Å²) in [5.41, 5.74) is 8.31. The average Bonchev–Trinajstić information content (AvgIpc) is 2.35. The fraction of sp³-hybridized carbons (Fsp3) is 0.462. The first-order chi connectivity index (χ1) is 8.13. The molecule has 17 heavy (non-hydrogen) atoms. The molecule has 0 spiro atoms. The van der Waals surface area contributed by atoms with E-state index in [-0.39, 0.29) is 0 Å². The van der Waals surface area contributed by atoms with Crippen molar-refractivity contribution in [3.05, 3.63) is 23.8 Å². The molecule has 0 aliphatic carbocycles. The van der Waals surface area contributed by atoms with Gasteiger partial charge in [-0.15, -0.1) is 0 Å². The first-order valence-electron chi connectivity index (χ1n) is 5.65. The molecule has 0 fully saturated rings. The van der Waals surface area contributed by atoms with Crippen molar-refractivity contribution < 1.29 is 0 Å². The molecule has 0 aliphatic heterocycles. The van der Waals surface area contributed by atoms with Gasteiger partial charge >= 0.3 is 0 Å². The van der Waals surface area contributed by atoms with Crippen molar-refractivity contribution in [1.29, 1.82) is 5.26 Å². The Morgan fingerprint density at radius 2 is 2.24 bits per heavy atom. The van der Waals surface area contributed by atoms with Gasteiger partial charge in [-0.05, 0) is 30.9 Å². The summed E-state index contributed by atoms with van der Waals surface area (Å²) in [5.74, 6) is 1.06. The van der Waals surface area contributed by atoms with Gasteiger partial charge in [0, 0.05) is 18.8 Å². The number of thioether (sulfide) groups is 1. The fourth-order valence-corrected chi connectivity index (χ4v) is 2.66. The van der Waals surface area contributed by atoms with Crippen LogP contribution in [0.15, 0.2) is 18.2 Å². The highest BCUT2D eigenvalue weighted by Crippen LogP contribution is 2.26. The molecule has 0 aromatic heterocycles. The van der Waals surface area contributed by atoms with Crippen molar-refractivity contribution in [2.24, 2.45) is 0 Å². The molecule has 0 radical (unpaired) electrons. The third-order valence-electron chi connectivity index (χ3n) is 2.92. The van der Waals surface area contributed by atoms with Crippen LogP contribution < -0.4 is 10.6 Å². The number of anilines is 2. The van der Waals surface area contributed by atoms with E-state index >= 15 is 0 Å². The number of nitrogen functional groups attached to an aromatic ring is 1. The van der Waals surface area contributed by atoms with Crippen LogP contribution in [0, 0.1) is 11.3 Å². The van der Waals surface area contributed by atoms with E-state index in [2.05, 4.69) is 24.1 Å². The van der Waals surface area contributed by atoms with Crippen molar-refractivity contribution in [3.63, 3.8) is 0 Å². The number of hydrogen-bond acceptors (Lipinski definition) is 4. The topological polar surface area (TPSA) is 53.0 Å². The van der Waals surface area contributed by atoms with Crippen LogP contribution in [0.5, 0.6) is 0 Å². The van der Waals surface area contributed by atoms with E-state index in [0.29, 0.717) is 11.6 Å². The molecule has 0 saturated heterocycles. The van der Waals surface area contributed by atoms with Gasteiger partial charge in [-0.25, -0.2) is 0 Å². The average molecular weight is 249 g/mol. The molecule has 1 aromatic rings. The zero-order chi connectivity index (χ0) is 12.8. The summed E-state index contributed by atoms with van der Waals surface area (Å²) >= 11 is 1.83. The Balaban J connectivity index is 3.01. The van der Waals surface area contributed by atoms with Crippen LogP contribution in [0.4, 0.5) is 11.4 Å². The largest absolute Gasteiger partial charge is 0.397 e. The van der Waals surface area contributed by atoms with Gasteiger partial charge in [0.05, 0.1) is 23.0 Å². The molecule has 92 valence electrons. The predicted octanol–water partition coefficient (Wildman–Crippen LogP) is 2.72. The number of hydrogen-bond donors (Lipinski definition) is 1. The standard InChI is InChI=1S/C13H19N3S/c1-4-11(9-17-3)16(2)13-7-10(8-14)5-6-12(13)15/h5-7,11H,4,9,15H2,1-3H3. The second-order valence-corrected chi connectivity index (χ2v) is 4.92. The van der Waals surface area contributed by atoms with Crippen molar-refractivity contribution >= 4 is 23.1 Å². The van der Waals surface area contributed by atoms with Gasteiger partial charge in [-0.3, -0.25) is 0 Å². The second kappa shape index (κ2) is 6.41. The number of nitrogens with two attached hydrogens (primary N) is 1. The molecule has 0 saturated carbocycles. The van der Waals surface area contributed by atoms with E-state index in [4.69, 9.17) is 11.0 Å². The summed E-state index contributed by atoms with van der Waals surface area (Å²) in [6, 6.07) is 8.01. The Labute approximate surface area is 108 Å². The van der Waals surface area contributed by atoms with E-state index in [9.17, 15) is 0 Å². The van der Waals surface area contributed by atoms with E-state index in [0.717, 1.165) is 23.5 Å². The number of nitrogens with zero attached hydrogens (tertiary/aromatic N) is 2. The first-order valence-corrected chi connectivity index (χ1v) is 7.04. The van der Waals surface area contributed by atoms with Gasteiger partial charge in [-0.2, -0.15) is 17.0 Å². The maximum Gasteiger partial charge on any atom is 0.0992 e. The quantitative estimate of drug-likeness (QED) is 0.815. The van der Waals surface area contributed by atoms with Crippen molar-refractivity contribution in [3.8, 4) is 6.07 Å². The summed E-state index contributed by atoms with van der Waals surface area (Å²) in [4.78, 5) is 2.17. The molecule has 4 heteroatoms. The van der Waals surface area contributed by atoms with E-state index in [1.807, 2.05) is 24.9 Å². The highest BCUT2D eigenvalue weighted by molar-refractivity contribution is 7.98. The van der Waals surface area contributed by atoms with Gasteiger partial charge in [0.2, 0.25) is 0 Å². The van der Waals surface area contributed by atoms with Crippen LogP contribution in [0.1, 0.15) is 18.9 Å². The van der Waals surface area contributed by atoms with Crippen LogP contribution in [0.3, 0.4) is 0 Å². The third-order valence-corrected chi connectivity index (χ3v) is 3.64. The maximum absolute atomic E-state index is 8.92. The Morgan fingerprint density at radius 3 is 2.76 bits per heavy atom. The molecule has 2 N–H and O–H groups in total. The highest BCUT2D eigenvalue weighted by Gasteiger charge is 2.15. The molecule has 0 heterocycles. The number of benzene rings is 1. The van der Waals surface area contributed by atoms with Crippen molar-refractivity contribution in [2.75, 3.05) is 29.7 Å². The van der Waals surface area contributed by atoms with Gasteiger partial charge in [-0.1, -0.05) is 6.92 Å². The zero-order valence-corrected chi connectivity index (χ0v) is 11.4. The molecular weight excluding hydrogens is 230 g/mol. The molecule has 3 nitrogen and oxygen atoms in total. The van der Waals surface area contributed by atoms with Gasteiger partial charge < -0.3 is 10.6 Å². The minimum absolute atomic E-state index is 0.446. The fourth-order valence-electron chi connectivity index (χ4n) is 1.81. The van der Waals surface area contributed by atoms with Gasteiger partial charge in [0.15, 0.2) is 0 Å². The molecule has 1 aromatic carbocycles. The first kappa shape index (κ1) is 13.7. The van der Waals surface area contributed by atoms with E-state index in [1.54, 1.807) is 12.1 Å². The molecular formula is C13H19N3S. The van der Waals surface area contributed by atoms with Crippen LogP contribution >= 0.6 is 11.8 Å². The summed E-state index contributed by atoms with van der Waals surface area (Å²) in [6.07, 6.45) is 3.17. The Morgan fingerprint density at radius 1 is 1.53 bits per heavy atom. The molecule has 1 rings (SSSR count). The van der Waals surface area contributed by atoms with Crippen LogP contribution in [0.2, 0.25) is 0 Å². The lowest BCUT2D eigenvalue weighted by Gasteiger charge is -2.30. The summed E-state index contributed by atoms with van der Waals surface area (Å²) < 4.78 is 0. The number of rotatable bonds is 5. The van der Waals surface area contributed by atoms with Gasteiger partial charge in [0.1, 0.15) is 0 Å². The van der Waals surface area contributed by atoms with Crippen LogP contribution in [-0.2, 0) is 0 Å². The Hall–Kier alpha value is -1.34. The van der Waals surface area contributed by atoms with Crippen LogP contribution in [0.25, 0.3) is 0 Å².